The summed E-state index contributed by atoms with van der Waals surface area (Å²) in [5.41, 5.74) is 5.83. The van der Waals surface area contributed by atoms with E-state index >= 15 is 0 Å². The Labute approximate surface area is 80.5 Å². The summed E-state index contributed by atoms with van der Waals surface area (Å²) in [7, 11) is 1.25. The maximum atomic E-state index is 11.0. The molecule has 0 aromatic carbocycles. The summed E-state index contributed by atoms with van der Waals surface area (Å²) in [6.07, 6.45) is 1.50. The third-order valence-corrected chi connectivity index (χ3v) is 1.66. The zero-order valence-corrected chi connectivity index (χ0v) is 7.75. The van der Waals surface area contributed by atoms with E-state index in [-0.39, 0.29) is 6.61 Å². The van der Waals surface area contributed by atoms with Gasteiger partial charge in [-0.15, -0.1) is 5.10 Å². The molecule has 7 nitrogen and oxygen atoms in total. The Morgan fingerprint density at radius 3 is 3.14 bits per heavy atom. The van der Waals surface area contributed by atoms with Crippen molar-refractivity contribution in [2.24, 2.45) is 5.73 Å². The van der Waals surface area contributed by atoms with E-state index in [1.807, 2.05) is 0 Å². The number of nitrogens with two attached hydrogens (primary N) is 1. The fourth-order valence-electron chi connectivity index (χ4n) is 0.915. The van der Waals surface area contributed by atoms with Crippen LogP contribution in [0.4, 0.5) is 0 Å². The summed E-state index contributed by atoms with van der Waals surface area (Å²) in [4.78, 5) is 11.0. The molecule has 0 aliphatic heterocycles. The van der Waals surface area contributed by atoms with E-state index in [0.717, 1.165) is 0 Å². The van der Waals surface area contributed by atoms with Crippen molar-refractivity contribution in [3.63, 3.8) is 0 Å². The van der Waals surface area contributed by atoms with Gasteiger partial charge in [-0.25, -0.2) is 9.48 Å². The van der Waals surface area contributed by atoms with Crippen molar-refractivity contribution in [3.8, 4) is 0 Å². The molecule has 0 fully saturated rings. The van der Waals surface area contributed by atoms with Crippen LogP contribution in [0.15, 0.2) is 6.20 Å². The molecule has 0 amide bonds. The standard InChI is InChI=1S/C7H12N4O3/c1-14-7(13)6(8)5-4-11(2-3-12)10-9-5/h4,6,12H,2-3,8H2,1H3. The maximum Gasteiger partial charge on any atom is 0.329 e. The molecule has 3 N–H and O–H groups in total. The number of nitrogens with zero attached hydrogens (tertiary/aromatic N) is 3. The molecule has 7 heteroatoms. The average molecular weight is 200 g/mol. The molecule has 1 heterocycles. The third-order valence-electron chi connectivity index (χ3n) is 1.66. The quantitative estimate of drug-likeness (QED) is 0.570. The Morgan fingerprint density at radius 2 is 2.57 bits per heavy atom. The minimum atomic E-state index is -0.924. The van der Waals surface area contributed by atoms with Crippen molar-refractivity contribution in [1.29, 1.82) is 0 Å². The van der Waals surface area contributed by atoms with Crippen LogP contribution in [-0.4, -0.2) is 39.8 Å². The number of esters is 1. The molecule has 1 aromatic heterocycles. The molecular weight excluding hydrogens is 188 g/mol. The number of carbonyl (C=O) groups is 1. The van der Waals surface area contributed by atoms with Crippen molar-refractivity contribution in [3.05, 3.63) is 11.9 Å². The third kappa shape index (κ3) is 2.27. The zero-order chi connectivity index (χ0) is 10.6. The predicted molar refractivity (Wildman–Crippen MR) is 46.1 cm³/mol. The second-order valence-electron chi connectivity index (χ2n) is 2.63. The van der Waals surface area contributed by atoms with E-state index in [1.165, 1.54) is 18.0 Å². The fourth-order valence-corrected chi connectivity index (χ4v) is 0.915. The SMILES string of the molecule is COC(=O)C(N)c1cn(CCO)nn1. The van der Waals surface area contributed by atoms with E-state index in [4.69, 9.17) is 10.8 Å². The number of methoxy groups -OCH3 is 1. The molecule has 1 unspecified atom stereocenters. The Kier molecular flexibility index (Phi) is 3.55. The first kappa shape index (κ1) is 10.6. The number of ether oxygens (including phenoxy) is 1. The highest BCUT2D eigenvalue weighted by Gasteiger charge is 2.19. The van der Waals surface area contributed by atoms with E-state index in [9.17, 15) is 4.79 Å². The number of carbonyl (C=O) groups excluding carboxylic acids is 1. The first-order valence-electron chi connectivity index (χ1n) is 4.03. The molecule has 14 heavy (non-hydrogen) atoms. The molecule has 1 rings (SSSR count). The molecule has 0 saturated carbocycles. The highest BCUT2D eigenvalue weighted by Crippen LogP contribution is 2.06. The molecule has 0 spiro atoms. The normalized spacial score (nSPS) is 12.5. The highest BCUT2D eigenvalue weighted by atomic mass is 16.5. The fraction of sp³-hybridized carbons (Fsp3) is 0.571. The lowest BCUT2D eigenvalue weighted by atomic mass is 10.2. The molecule has 0 saturated heterocycles. The lowest BCUT2D eigenvalue weighted by Gasteiger charge is -2.03. The van der Waals surface area contributed by atoms with Gasteiger partial charge in [-0.05, 0) is 0 Å². The van der Waals surface area contributed by atoms with Gasteiger partial charge in [-0.3, -0.25) is 0 Å². The number of rotatable bonds is 4. The van der Waals surface area contributed by atoms with Crippen LogP contribution in [0.1, 0.15) is 11.7 Å². The smallest absolute Gasteiger partial charge is 0.329 e. The lowest BCUT2D eigenvalue weighted by Crippen LogP contribution is -2.22. The van der Waals surface area contributed by atoms with Gasteiger partial charge in [0.1, 0.15) is 11.7 Å². The van der Waals surface area contributed by atoms with E-state index in [1.54, 1.807) is 0 Å². The van der Waals surface area contributed by atoms with Gasteiger partial charge in [0.2, 0.25) is 0 Å². The van der Waals surface area contributed by atoms with Crippen molar-refractivity contribution >= 4 is 5.97 Å². The summed E-state index contributed by atoms with van der Waals surface area (Å²) < 4.78 is 5.85. The van der Waals surface area contributed by atoms with Crippen LogP contribution in [0.3, 0.4) is 0 Å². The van der Waals surface area contributed by atoms with Gasteiger partial charge in [0.15, 0.2) is 0 Å². The van der Waals surface area contributed by atoms with Gasteiger partial charge in [-0.2, -0.15) is 0 Å². The molecule has 0 radical (unpaired) electrons. The van der Waals surface area contributed by atoms with Crippen LogP contribution < -0.4 is 5.73 Å². The minimum absolute atomic E-state index is 0.0454. The highest BCUT2D eigenvalue weighted by molar-refractivity contribution is 5.76. The van der Waals surface area contributed by atoms with Crippen molar-refractivity contribution in [2.75, 3.05) is 13.7 Å². The molecule has 0 bridgehead atoms. The lowest BCUT2D eigenvalue weighted by molar-refractivity contribution is -0.142. The molecule has 0 aliphatic carbocycles. The summed E-state index contributed by atoms with van der Waals surface area (Å²) in [5.74, 6) is -0.568. The summed E-state index contributed by atoms with van der Waals surface area (Å²) >= 11 is 0. The van der Waals surface area contributed by atoms with Gasteiger partial charge < -0.3 is 15.6 Å². The summed E-state index contributed by atoms with van der Waals surface area (Å²) in [6.45, 7) is 0.275. The molecule has 78 valence electrons. The van der Waals surface area contributed by atoms with E-state index < -0.39 is 12.0 Å². The van der Waals surface area contributed by atoms with Gasteiger partial charge in [-0.1, -0.05) is 5.21 Å². The van der Waals surface area contributed by atoms with Gasteiger partial charge in [0.05, 0.1) is 26.5 Å². The minimum Gasteiger partial charge on any atom is -0.468 e. The van der Waals surface area contributed by atoms with Crippen molar-refractivity contribution < 1.29 is 14.6 Å². The average Bonchev–Trinajstić information content (AvgIpc) is 2.64. The van der Waals surface area contributed by atoms with Crippen LogP contribution in [0.2, 0.25) is 0 Å². The topological polar surface area (TPSA) is 103 Å². The van der Waals surface area contributed by atoms with Gasteiger partial charge in [0.25, 0.3) is 0 Å². The first-order valence-corrected chi connectivity index (χ1v) is 4.03. The molecule has 1 atom stereocenters. The van der Waals surface area contributed by atoms with Crippen molar-refractivity contribution in [2.45, 2.75) is 12.6 Å². The largest absolute Gasteiger partial charge is 0.468 e. The zero-order valence-electron chi connectivity index (χ0n) is 7.75. The molecule has 1 aromatic rings. The molecule has 0 aliphatic rings. The maximum absolute atomic E-state index is 11.0. The Hall–Kier alpha value is -1.47. The Bertz CT molecular complexity index is 312. The number of hydrogen-bond donors (Lipinski definition) is 2. The number of hydrogen-bond acceptors (Lipinski definition) is 6. The number of aliphatic hydroxyl groups is 1. The predicted octanol–water partition coefficient (Wildman–Crippen LogP) is -1.56. The van der Waals surface area contributed by atoms with Crippen LogP contribution >= 0.6 is 0 Å². The molecular formula is C7H12N4O3. The second-order valence-corrected chi connectivity index (χ2v) is 2.63. The number of aliphatic hydroxyl groups excluding tert-OH is 1. The van der Waals surface area contributed by atoms with Gasteiger partial charge >= 0.3 is 5.97 Å². The number of aromatic nitrogens is 3. The summed E-state index contributed by atoms with van der Waals surface area (Å²) in [6, 6.07) is -0.924. The van der Waals surface area contributed by atoms with Gasteiger partial charge in [0, 0.05) is 0 Å². The van der Waals surface area contributed by atoms with Crippen LogP contribution in [0.5, 0.6) is 0 Å². The first-order chi connectivity index (χ1) is 6.69. The van der Waals surface area contributed by atoms with Crippen LogP contribution in [0, 0.1) is 0 Å². The summed E-state index contributed by atoms with van der Waals surface area (Å²) in [5, 5.41) is 16.0. The van der Waals surface area contributed by atoms with Crippen molar-refractivity contribution in [1.82, 2.24) is 15.0 Å². The van der Waals surface area contributed by atoms with E-state index in [2.05, 4.69) is 15.0 Å². The Morgan fingerprint density at radius 1 is 1.86 bits per heavy atom. The monoisotopic (exact) mass is 200 g/mol. The van der Waals surface area contributed by atoms with Crippen LogP contribution in [0.25, 0.3) is 0 Å². The second kappa shape index (κ2) is 4.68. The Balaban J connectivity index is 2.70. The van der Waals surface area contributed by atoms with E-state index in [0.29, 0.717) is 12.2 Å². The van der Waals surface area contributed by atoms with Crippen LogP contribution in [-0.2, 0) is 16.1 Å².